The van der Waals surface area contributed by atoms with Crippen LogP contribution < -0.4 is 5.32 Å². The Labute approximate surface area is 136 Å². The molecule has 3 aromatic rings. The molecule has 24 heavy (non-hydrogen) atoms. The van der Waals surface area contributed by atoms with Crippen LogP contribution in [0, 0.1) is 10.1 Å². The zero-order valence-electron chi connectivity index (χ0n) is 12.5. The molecule has 2 heterocycles. The van der Waals surface area contributed by atoms with E-state index in [2.05, 4.69) is 15.4 Å². The lowest BCUT2D eigenvalue weighted by Crippen LogP contribution is -2.23. The Morgan fingerprint density at radius 3 is 2.62 bits per heavy atom. The molecule has 1 amide bonds. The van der Waals surface area contributed by atoms with Gasteiger partial charge in [-0.3, -0.25) is 14.9 Å². The first-order chi connectivity index (χ1) is 11.6. The minimum atomic E-state index is -0.506. The molecule has 0 unspecified atom stereocenters. The highest BCUT2D eigenvalue weighted by atomic mass is 16.6. The normalized spacial score (nSPS) is 10.3. The van der Waals surface area contributed by atoms with E-state index in [9.17, 15) is 14.9 Å². The van der Waals surface area contributed by atoms with E-state index >= 15 is 0 Å². The lowest BCUT2D eigenvalue weighted by atomic mass is 10.2. The van der Waals surface area contributed by atoms with Crippen LogP contribution in [0.1, 0.15) is 15.9 Å². The van der Waals surface area contributed by atoms with Crippen LogP contribution in [0.5, 0.6) is 0 Å². The Kier molecular flexibility index (Phi) is 4.28. The highest BCUT2D eigenvalue weighted by molar-refractivity contribution is 5.94. The summed E-state index contributed by atoms with van der Waals surface area (Å²) in [5.74, 6) is 0.312. The van der Waals surface area contributed by atoms with Crippen molar-refractivity contribution in [1.82, 2.24) is 20.1 Å². The fraction of sp³-hybridized carbons (Fsp3) is 0.0625. The summed E-state index contributed by atoms with van der Waals surface area (Å²) in [5.41, 5.74) is 1.10. The Hall–Kier alpha value is -3.55. The maximum absolute atomic E-state index is 12.2. The molecule has 0 saturated heterocycles. The number of aromatic nitrogens is 3. The number of carbonyl (C=O) groups is 1. The predicted octanol–water partition coefficient (Wildman–Crippen LogP) is 2.11. The molecule has 0 spiro atoms. The van der Waals surface area contributed by atoms with E-state index in [0.29, 0.717) is 11.4 Å². The van der Waals surface area contributed by atoms with Crippen LogP contribution in [0.3, 0.4) is 0 Å². The molecule has 0 aliphatic rings. The summed E-state index contributed by atoms with van der Waals surface area (Å²) in [4.78, 5) is 26.6. The van der Waals surface area contributed by atoms with Crippen molar-refractivity contribution in [2.45, 2.75) is 6.54 Å². The Balaban J connectivity index is 1.72. The highest BCUT2D eigenvalue weighted by Crippen LogP contribution is 2.13. The molecular weight excluding hydrogens is 310 g/mol. The third-order valence-electron chi connectivity index (χ3n) is 3.37. The number of nitro benzene ring substituents is 1. The standard InChI is InChI=1S/C16H13N5O3/c22-16(12-4-6-14(7-5-12)21(23)24)18-11-13-3-1-8-17-15(13)20-10-2-9-19-20/h1-10H,11H2,(H,18,22). The maximum atomic E-state index is 12.2. The molecule has 0 fully saturated rings. The van der Waals surface area contributed by atoms with Gasteiger partial charge in [-0.1, -0.05) is 6.07 Å². The summed E-state index contributed by atoms with van der Waals surface area (Å²) in [6.45, 7) is 0.263. The molecule has 0 aliphatic carbocycles. The van der Waals surface area contributed by atoms with E-state index in [-0.39, 0.29) is 18.1 Å². The summed E-state index contributed by atoms with van der Waals surface area (Å²) in [5, 5.41) is 17.5. The molecule has 0 aliphatic heterocycles. The van der Waals surface area contributed by atoms with E-state index in [0.717, 1.165) is 5.56 Å². The largest absolute Gasteiger partial charge is 0.348 e. The second-order valence-electron chi connectivity index (χ2n) is 4.92. The van der Waals surface area contributed by atoms with Crippen molar-refractivity contribution >= 4 is 11.6 Å². The number of hydrogen-bond acceptors (Lipinski definition) is 5. The van der Waals surface area contributed by atoms with Crippen molar-refractivity contribution < 1.29 is 9.72 Å². The molecule has 0 saturated carbocycles. The van der Waals surface area contributed by atoms with Gasteiger partial charge in [-0.05, 0) is 24.3 Å². The molecule has 1 aromatic carbocycles. The zero-order chi connectivity index (χ0) is 16.9. The maximum Gasteiger partial charge on any atom is 0.269 e. The van der Waals surface area contributed by atoms with E-state index in [1.165, 1.54) is 24.3 Å². The summed E-state index contributed by atoms with van der Waals surface area (Å²) in [6.07, 6.45) is 5.07. The minimum absolute atomic E-state index is 0.0558. The Morgan fingerprint density at radius 1 is 1.17 bits per heavy atom. The van der Waals surface area contributed by atoms with Crippen LogP contribution in [-0.4, -0.2) is 25.6 Å². The quantitative estimate of drug-likeness (QED) is 0.572. The number of rotatable bonds is 5. The first-order valence-electron chi connectivity index (χ1n) is 7.12. The van der Waals surface area contributed by atoms with Crippen molar-refractivity contribution in [3.8, 4) is 5.82 Å². The van der Waals surface area contributed by atoms with Gasteiger partial charge in [0.1, 0.15) is 0 Å². The first kappa shape index (κ1) is 15.3. The number of carbonyl (C=O) groups excluding carboxylic acids is 1. The first-order valence-corrected chi connectivity index (χ1v) is 7.12. The van der Waals surface area contributed by atoms with Gasteiger partial charge in [-0.25, -0.2) is 9.67 Å². The SMILES string of the molecule is O=C(NCc1cccnc1-n1cccn1)c1ccc([N+](=O)[O-])cc1. The molecule has 8 heteroatoms. The highest BCUT2D eigenvalue weighted by Gasteiger charge is 2.11. The zero-order valence-corrected chi connectivity index (χ0v) is 12.5. The van der Waals surface area contributed by atoms with Crippen LogP contribution in [0.4, 0.5) is 5.69 Å². The molecule has 0 radical (unpaired) electrons. The van der Waals surface area contributed by atoms with Gasteiger partial charge in [0.25, 0.3) is 11.6 Å². The molecule has 120 valence electrons. The fourth-order valence-electron chi connectivity index (χ4n) is 2.18. The predicted molar refractivity (Wildman–Crippen MR) is 85.6 cm³/mol. The second-order valence-corrected chi connectivity index (χ2v) is 4.92. The number of nitrogens with one attached hydrogen (secondary N) is 1. The molecule has 0 bridgehead atoms. The Morgan fingerprint density at radius 2 is 1.96 bits per heavy atom. The smallest absolute Gasteiger partial charge is 0.269 e. The number of pyridine rings is 1. The molecule has 8 nitrogen and oxygen atoms in total. The van der Waals surface area contributed by atoms with Gasteiger partial charge in [-0.15, -0.1) is 0 Å². The van der Waals surface area contributed by atoms with Crippen LogP contribution in [0.25, 0.3) is 5.82 Å². The summed E-state index contributed by atoms with van der Waals surface area (Å²) < 4.78 is 1.62. The van der Waals surface area contributed by atoms with E-state index < -0.39 is 4.92 Å². The minimum Gasteiger partial charge on any atom is -0.348 e. The molecule has 2 aromatic heterocycles. The molecular formula is C16H13N5O3. The van der Waals surface area contributed by atoms with Gasteiger partial charge in [0.2, 0.25) is 0 Å². The molecule has 0 atom stereocenters. The van der Waals surface area contributed by atoms with E-state index in [4.69, 9.17) is 0 Å². The third kappa shape index (κ3) is 3.27. The number of benzene rings is 1. The van der Waals surface area contributed by atoms with E-state index in [1.807, 2.05) is 6.07 Å². The molecule has 1 N–H and O–H groups in total. The van der Waals surface area contributed by atoms with Gasteiger partial charge >= 0.3 is 0 Å². The second kappa shape index (κ2) is 6.69. The van der Waals surface area contributed by atoms with Gasteiger partial charge < -0.3 is 5.32 Å². The number of nitrogens with zero attached hydrogens (tertiary/aromatic N) is 4. The van der Waals surface area contributed by atoms with Crippen molar-refractivity contribution in [3.05, 3.63) is 82.3 Å². The van der Waals surface area contributed by atoms with Crippen LogP contribution in [0.15, 0.2) is 61.1 Å². The van der Waals surface area contributed by atoms with Crippen molar-refractivity contribution in [2.24, 2.45) is 0 Å². The summed E-state index contributed by atoms with van der Waals surface area (Å²) in [7, 11) is 0. The van der Waals surface area contributed by atoms with Crippen LogP contribution in [-0.2, 0) is 6.54 Å². The van der Waals surface area contributed by atoms with E-state index in [1.54, 1.807) is 35.4 Å². The average molecular weight is 323 g/mol. The number of non-ortho nitro benzene ring substituents is 1. The van der Waals surface area contributed by atoms with Gasteiger partial charge in [0.05, 0.1) is 4.92 Å². The number of hydrogen-bond donors (Lipinski definition) is 1. The van der Waals surface area contributed by atoms with Crippen molar-refractivity contribution in [2.75, 3.05) is 0 Å². The summed E-state index contributed by atoms with van der Waals surface area (Å²) >= 11 is 0. The third-order valence-corrected chi connectivity index (χ3v) is 3.37. The summed E-state index contributed by atoms with van der Waals surface area (Å²) in [6, 6.07) is 10.9. The van der Waals surface area contributed by atoms with Gasteiger partial charge in [0, 0.05) is 48.4 Å². The topological polar surface area (TPSA) is 103 Å². The van der Waals surface area contributed by atoms with Gasteiger partial charge in [-0.2, -0.15) is 5.10 Å². The van der Waals surface area contributed by atoms with Crippen LogP contribution in [0.2, 0.25) is 0 Å². The van der Waals surface area contributed by atoms with Crippen molar-refractivity contribution in [1.29, 1.82) is 0 Å². The monoisotopic (exact) mass is 323 g/mol. The molecule has 3 rings (SSSR count). The lowest BCUT2D eigenvalue weighted by Gasteiger charge is -2.09. The van der Waals surface area contributed by atoms with Crippen molar-refractivity contribution in [3.63, 3.8) is 0 Å². The van der Waals surface area contributed by atoms with Crippen LogP contribution >= 0.6 is 0 Å². The van der Waals surface area contributed by atoms with Gasteiger partial charge in [0.15, 0.2) is 5.82 Å². The lowest BCUT2D eigenvalue weighted by molar-refractivity contribution is -0.384. The number of amides is 1. The average Bonchev–Trinajstić information content (AvgIpc) is 3.14. The fourth-order valence-corrected chi connectivity index (χ4v) is 2.18. The Bertz CT molecular complexity index is 860. The number of nitro groups is 1.